The van der Waals surface area contributed by atoms with Gasteiger partial charge in [0.2, 0.25) is 5.89 Å². The third-order valence-corrected chi connectivity index (χ3v) is 6.77. The Morgan fingerprint density at radius 2 is 1.79 bits per heavy atom. The number of amides is 1. The molecule has 0 bridgehead atoms. The average molecular weight is 445 g/mol. The summed E-state index contributed by atoms with van der Waals surface area (Å²) >= 11 is 0. The van der Waals surface area contributed by atoms with Crippen molar-refractivity contribution in [1.29, 1.82) is 0 Å². The zero-order valence-corrected chi connectivity index (χ0v) is 18.8. The summed E-state index contributed by atoms with van der Waals surface area (Å²) < 4.78 is 11.7. The summed E-state index contributed by atoms with van der Waals surface area (Å²) in [4.78, 5) is 17.0. The number of hydrogen-bond donors (Lipinski definition) is 0. The fraction of sp³-hybridized carbons (Fsp3) is 0.423. The van der Waals surface area contributed by atoms with Gasteiger partial charge < -0.3 is 14.1 Å². The van der Waals surface area contributed by atoms with E-state index in [0.29, 0.717) is 19.0 Å². The van der Waals surface area contributed by atoms with Gasteiger partial charge in [-0.2, -0.15) is 0 Å². The van der Waals surface area contributed by atoms with Crippen LogP contribution >= 0.6 is 0 Å². The molecule has 1 aliphatic heterocycles. The van der Waals surface area contributed by atoms with Crippen molar-refractivity contribution in [2.24, 2.45) is 0 Å². The van der Waals surface area contributed by atoms with Gasteiger partial charge in [-0.25, -0.2) is 0 Å². The molecule has 2 aromatic carbocycles. The molecule has 0 N–H and O–H groups in total. The minimum Gasteiger partial charge on any atom is -0.487 e. The van der Waals surface area contributed by atoms with Crippen LogP contribution in [0.15, 0.2) is 52.9 Å². The van der Waals surface area contributed by atoms with Crippen molar-refractivity contribution < 1.29 is 13.9 Å². The van der Waals surface area contributed by atoms with Gasteiger partial charge in [0, 0.05) is 24.2 Å². The number of rotatable bonds is 8. The molecular weight excluding hydrogens is 416 g/mol. The lowest BCUT2D eigenvalue weighted by Gasteiger charge is -2.38. The number of carbonyl (C=O) groups is 1. The lowest BCUT2D eigenvalue weighted by Crippen LogP contribution is -2.56. The fourth-order valence-corrected chi connectivity index (χ4v) is 4.50. The minimum atomic E-state index is -0.253. The van der Waals surface area contributed by atoms with Crippen LogP contribution in [0.25, 0.3) is 11.5 Å². The van der Waals surface area contributed by atoms with Gasteiger partial charge in [0.1, 0.15) is 11.9 Å². The standard InChI is InChI=1S/C26H28N4O3/c1-17-13-22(12-7-19(17)14-30(20-8-9-20)21-10-11-21)32-23-15-29(16-23)26(31)25-28-27-24(33-25)18-5-3-2-4-6-18/h2-7,12-13,20-21,23H,8-11,14-16H2,1H3. The molecule has 7 nitrogen and oxygen atoms in total. The molecule has 3 aromatic rings. The maximum absolute atomic E-state index is 12.7. The first-order valence-electron chi connectivity index (χ1n) is 11.8. The maximum Gasteiger partial charge on any atom is 0.311 e. The lowest BCUT2D eigenvalue weighted by molar-refractivity contribution is 0.0149. The molecular formula is C26H28N4O3. The van der Waals surface area contributed by atoms with Crippen molar-refractivity contribution in [3.63, 3.8) is 0 Å². The van der Waals surface area contributed by atoms with Crippen LogP contribution in [-0.4, -0.2) is 57.2 Å². The van der Waals surface area contributed by atoms with E-state index in [1.165, 1.54) is 36.8 Å². The molecule has 1 amide bonds. The first kappa shape index (κ1) is 20.4. The quantitative estimate of drug-likeness (QED) is 0.522. The van der Waals surface area contributed by atoms with Crippen molar-refractivity contribution in [2.45, 2.75) is 57.3 Å². The topological polar surface area (TPSA) is 71.7 Å². The normalized spacial score (nSPS) is 18.4. The van der Waals surface area contributed by atoms with Crippen LogP contribution in [0.3, 0.4) is 0 Å². The Bertz CT molecular complexity index is 1140. The van der Waals surface area contributed by atoms with E-state index in [-0.39, 0.29) is 17.9 Å². The second-order valence-electron chi connectivity index (χ2n) is 9.45. The molecule has 0 unspecified atom stereocenters. The molecule has 2 saturated carbocycles. The van der Waals surface area contributed by atoms with Crippen molar-refractivity contribution in [3.8, 4) is 17.2 Å². The molecule has 0 spiro atoms. The Morgan fingerprint density at radius 1 is 1.06 bits per heavy atom. The molecule has 2 heterocycles. The molecule has 2 aliphatic carbocycles. The van der Waals surface area contributed by atoms with E-state index in [1.807, 2.05) is 30.3 Å². The summed E-state index contributed by atoms with van der Waals surface area (Å²) in [5.74, 6) is 0.978. The van der Waals surface area contributed by atoms with Gasteiger partial charge >= 0.3 is 11.8 Å². The molecule has 3 fully saturated rings. The van der Waals surface area contributed by atoms with Gasteiger partial charge in [-0.1, -0.05) is 24.3 Å². The average Bonchev–Trinajstić information content (AvgIpc) is 3.74. The Balaban J connectivity index is 1.03. The first-order chi connectivity index (χ1) is 16.1. The highest BCUT2D eigenvalue weighted by atomic mass is 16.5. The van der Waals surface area contributed by atoms with E-state index >= 15 is 0 Å². The van der Waals surface area contributed by atoms with Crippen molar-refractivity contribution in [3.05, 3.63) is 65.5 Å². The second kappa shape index (κ2) is 8.30. The summed E-state index contributed by atoms with van der Waals surface area (Å²) in [6.45, 7) is 4.23. The van der Waals surface area contributed by atoms with Crippen LogP contribution in [0.2, 0.25) is 0 Å². The van der Waals surface area contributed by atoms with E-state index in [1.54, 1.807) is 4.90 Å². The molecule has 1 saturated heterocycles. The Labute approximate surface area is 193 Å². The van der Waals surface area contributed by atoms with Gasteiger partial charge in [0.25, 0.3) is 0 Å². The van der Waals surface area contributed by atoms with Gasteiger partial charge in [-0.05, 0) is 68.0 Å². The largest absolute Gasteiger partial charge is 0.487 e. The fourth-order valence-electron chi connectivity index (χ4n) is 4.50. The van der Waals surface area contributed by atoms with E-state index in [2.05, 4.69) is 40.2 Å². The second-order valence-corrected chi connectivity index (χ2v) is 9.45. The molecule has 6 rings (SSSR count). The number of aryl methyl sites for hydroxylation is 1. The summed E-state index contributed by atoms with van der Waals surface area (Å²) in [6.07, 6.45) is 5.38. The number of aromatic nitrogens is 2. The van der Waals surface area contributed by atoms with E-state index in [0.717, 1.165) is 29.9 Å². The predicted octanol–water partition coefficient (Wildman–Crippen LogP) is 4.08. The van der Waals surface area contributed by atoms with E-state index in [9.17, 15) is 4.79 Å². The van der Waals surface area contributed by atoms with Crippen LogP contribution in [0.5, 0.6) is 5.75 Å². The van der Waals surface area contributed by atoms with Crippen molar-refractivity contribution in [1.82, 2.24) is 20.0 Å². The Kier molecular flexibility index (Phi) is 5.14. The van der Waals surface area contributed by atoms with Gasteiger partial charge in [0.05, 0.1) is 13.1 Å². The number of ether oxygens (including phenoxy) is 1. The third kappa shape index (κ3) is 4.37. The summed E-state index contributed by atoms with van der Waals surface area (Å²) in [5, 5.41) is 7.93. The number of hydrogen-bond acceptors (Lipinski definition) is 6. The number of benzene rings is 2. The molecule has 3 aliphatic rings. The zero-order chi connectivity index (χ0) is 22.4. The molecule has 33 heavy (non-hydrogen) atoms. The minimum absolute atomic E-state index is 0.0170. The van der Waals surface area contributed by atoms with Crippen molar-refractivity contribution in [2.75, 3.05) is 13.1 Å². The van der Waals surface area contributed by atoms with Crippen LogP contribution in [0, 0.1) is 6.92 Å². The molecule has 0 atom stereocenters. The van der Waals surface area contributed by atoms with E-state index < -0.39 is 0 Å². The van der Waals surface area contributed by atoms with Crippen molar-refractivity contribution >= 4 is 5.91 Å². The third-order valence-electron chi connectivity index (χ3n) is 6.77. The summed E-state index contributed by atoms with van der Waals surface area (Å²) in [6, 6.07) is 17.4. The molecule has 170 valence electrons. The highest BCUT2D eigenvalue weighted by Gasteiger charge is 2.39. The Hall–Kier alpha value is -3.19. The van der Waals surface area contributed by atoms with E-state index in [4.69, 9.17) is 9.15 Å². The van der Waals surface area contributed by atoms with Crippen LogP contribution < -0.4 is 4.74 Å². The zero-order valence-electron chi connectivity index (χ0n) is 18.8. The highest BCUT2D eigenvalue weighted by Crippen LogP contribution is 2.39. The van der Waals surface area contributed by atoms with Crippen LogP contribution in [-0.2, 0) is 6.54 Å². The summed E-state index contributed by atoms with van der Waals surface area (Å²) in [7, 11) is 0. The van der Waals surface area contributed by atoms with Gasteiger partial charge in [0.15, 0.2) is 0 Å². The monoisotopic (exact) mass is 444 g/mol. The smallest absolute Gasteiger partial charge is 0.311 e. The highest BCUT2D eigenvalue weighted by molar-refractivity contribution is 5.90. The van der Waals surface area contributed by atoms with Crippen LogP contribution in [0.4, 0.5) is 0 Å². The lowest BCUT2D eigenvalue weighted by atomic mass is 10.1. The first-order valence-corrected chi connectivity index (χ1v) is 11.8. The summed E-state index contributed by atoms with van der Waals surface area (Å²) in [5.41, 5.74) is 3.45. The van der Waals surface area contributed by atoms with Crippen LogP contribution in [0.1, 0.15) is 47.5 Å². The number of carbonyl (C=O) groups excluding carboxylic acids is 1. The molecule has 0 radical (unpaired) electrons. The van der Waals surface area contributed by atoms with Gasteiger partial charge in [-0.15, -0.1) is 10.2 Å². The maximum atomic E-state index is 12.7. The van der Waals surface area contributed by atoms with Gasteiger partial charge in [-0.3, -0.25) is 9.69 Å². The molecule has 1 aromatic heterocycles. The number of likely N-dealkylation sites (tertiary alicyclic amines) is 1. The predicted molar refractivity (Wildman–Crippen MR) is 123 cm³/mol. The SMILES string of the molecule is Cc1cc(OC2CN(C(=O)c3nnc(-c4ccccc4)o3)C2)ccc1CN(C1CC1)C1CC1. The Morgan fingerprint density at radius 3 is 2.45 bits per heavy atom. The number of nitrogens with zero attached hydrogens (tertiary/aromatic N) is 4. The molecule has 7 heteroatoms.